The first kappa shape index (κ1) is 17.5. The molecule has 0 unspecified atom stereocenters. The highest BCUT2D eigenvalue weighted by molar-refractivity contribution is 5.98. The second-order valence-corrected chi connectivity index (χ2v) is 8.13. The molecule has 2 spiro atoms. The molecule has 0 saturated heterocycles. The summed E-state index contributed by atoms with van der Waals surface area (Å²) in [5.74, 6) is -0.370. The van der Waals surface area contributed by atoms with Crippen molar-refractivity contribution in [1.29, 1.82) is 0 Å². The topological polar surface area (TPSA) is 52.6 Å². The van der Waals surface area contributed by atoms with Crippen molar-refractivity contribution in [2.45, 2.75) is 50.7 Å². The zero-order valence-corrected chi connectivity index (χ0v) is 16.2. The van der Waals surface area contributed by atoms with Gasteiger partial charge in [-0.2, -0.15) is 0 Å². The van der Waals surface area contributed by atoms with Gasteiger partial charge < -0.3 is 9.47 Å². The lowest BCUT2D eigenvalue weighted by atomic mass is 9.44. The molecule has 2 heterocycles. The molecular formula is C24H24O4. The van der Waals surface area contributed by atoms with Crippen LogP contribution in [0.25, 0.3) is 0 Å². The van der Waals surface area contributed by atoms with Crippen LogP contribution in [0, 0.1) is 11.8 Å². The Labute approximate surface area is 164 Å². The van der Waals surface area contributed by atoms with Gasteiger partial charge in [-0.05, 0) is 25.0 Å². The lowest BCUT2D eigenvalue weighted by Crippen LogP contribution is -2.71. The van der Waals surface area contributed by atoms with Crippen molar-refractivity contribution in [3.8, 4) is 0 Å². The van der Waals surface area contributed by atoms with Crippen LogP contribution < -0.4 is 0 Å². The summed E-state index contributed by atoms with van der Waals surface area (Å²) in [5.41, 5.74) is 1.07. The van der Waals surface area contributed by atoms with E-state index in [0.717, 1.165) is 36.8 Å². The third-order valence-corrected chi connectivity index (χ3v) is 6.88. The Morgan fingerprint density at radius 3 is 1.50 bits per heavy atom. The molecule has 2 aromatic rings. The maximum atomic E-state index is 12.9. The van der Waals surface area contributed by atoms with E-state index in [2.05, 4.69) is 13.8 Å². The normalized spacial score (nSPS) is 32.1. The van der Waals surface area contributed by atoms with Gasteiger partial charge in [0.25, 0.3) is 0 Å². The monoisotopic (exact) mass is 376 g/mol. The number of ether oxygens (including phenoxy) is 2. The molecule has 4 atom stereocenters. The van der Waals surface area contributed by atoms with E-state index in [4.69, 9.17) is 9.47 Å². The van der Waals surface area contributed by atoms with E-state index < -0.39 is 11.2 Å². The number of fused-ring (bicyclic) bond motifs is 5. The van der Waals surface area contributed by atoms with Gasteiger partial charge >= 0.3 is 11.9 Å². The molecule has 28 heavy (non-hydrogen) atoms. The summed E-state index contributed by atoms with van der Waals surface area (Å²) in [6, 6.07) is 15.2. The molecular weight excluding hydrogens is 352 g/mol. The number of benzene rings is 2. The van der Waals surface area contributed by atoms with Gasteiger partial charge in [0.2, 0.25) is 0 Å². The number of rotatable bonds is 4. The number of carbonyl (C=O) groups excluding carboxylic acids is 2. The third kappa shape index (κ3) is 1.81. The lowest BCUT2D eigenvalue weighted by molar-refractivity contribution is -0.309. The van der Waals surface area contributed by atoms with Gasteiger partial charge in [-0.1, -0.05) is 63.1 Å². The molecule has 0 aromatic heterocycles. The van der Waals surface area contributed by atoms with E-state index in [1.807, 2.05) is 48.5 Å². The highest BCUT2D eigenvalue weighted by Crippen LogP contribution is 2.73. The van der Waals surface area contributed by atoms with Gasteiger partial charge in [-0.15, -0.1) is 0 Å². The molecule has 2 aromatic carbocycles. The Bertz CT molecular complexity index is 901. The van der Waals surface area contributed by atoms with Crippen molar-refractivity contribution in [3.63, 3.8) is 0 Å². The second kappa shape index (κ2) is 5.94. The van der Waals surface area contributed by atoms with Crippen LogP contribution in [0.4, 0.5) is 0 Å². The third-order valence-electron chi connectivity index (χ3n) is 6.88. The Kier molecular flexibility index (Phi) is 3.71. The quantitative estimate of drug-likeness (QED) is 0.708. The molecule has 2 aliphatic heterocycles. The van der Waals surface area contributed by atoms with E-state index in [1.54, 1.807) is 0 Å². The van der Waals surface area contributed by atoms with Gasteiger partial charge in [0.05, 0.1) is 11.1 Å². The van der Waals surface area contributed by atoms with E-state index >= 15 is 0 Å². The van der Waals surface area contributed by atoms with Gasteiger partial charge in [0, 0.05) is 23.0 Å². The standard InChI is InChI=1S/C24H24O4/c1-3-9-19-20(10-4-2)24(18-14-8-6-12-16(18)22(26)28-24)23(19)17-13-7-5-11-15(17)21(25)27-23/h5-8,11-14,19-20H,3-4,9-10H2,1-2H3/t19-,20-,23+,24+/m0/s1. The summed E-state index contributed by atoms with van der Waals surface area (Å²) in [6.45, 7) is 4.30. The first-order chi connectivity index (χ1) is 13.6. The molecule has 5 rings (SSSR count). The van der Waals surface area contributed by atoms with Crippen LogP contribution in [-0.2, 0) is 20.7 Å². The van der Waals surface area contributed by atoms with E-state index in [9.17, 15) is 9.59 Å². The average molecular weight is 376 g/mol. The predicted molar refractivity (Wildman–Crippen MR) is 104 cm³/mol. The van der Waals surface area contributed by atoms with Crippen LogP contribution in [0.5, 0.6) is 0 Å². The molecule has 0 radical (unpaired) electrons. The van der Waals surface area contributed by atoms with E-state index in [-0.39, 0.29) is 23.8 Å². The molecule has 0 N–H and O–H groups in total. The Morgan fingerprint density at radius 1 is 0.714 bits per heavy atom. The molecule has 1 saturated carbocycles. The summed E-state index contributed by atoms with van der Waals surface area (Å²) in [4.78, 5) is 25.7. The summed E-state index contributed by atoms with van der Waals surface area (Å²) in [5, 5.41) is 0. The highest BCUT2D eigenvalue weighted by atomic mass is 16.6. The van der Waals surface area contributed by atoms with Crippen molar-refractivity contribution in [2.75, 3.05) is 0 Å². The van der Waals surface area contributed by atoms with Crippen LogP contribution >= 0.6 is 0 Å². The number of hydrogen-bond acceptors (Lipinski definition) is 4. The lowest BCUT2D eigenvalue weighted by Gasteiger charge is -2.64. The van der Waals surface area contributed by atoms with Crippen molar-refractivity contribution in [1.82, 2.24) is 0 Å². The van der Waals surface area contributed by atoms with Crippen molar-refractivity contribution < 1.29 is 19.1 Å². The van der Waals surface area contributed by atoms with Gasteiger partial charge in [-0.25, -0.2) is 9.59 Å². The van der Waals surface area contributed by atoms with Crippen LogP contribution in [0.2, 0.25) is 0 Å². The summed E-state index contributed by atoms with van der Waals surface area (Å²) in [7, 11) is 0. The fraction of sp³-hybridized carbons (Fsp3) is 0.417. The smallest absolute Gasteiger partial charge is 0.339 e. The molecule has 3 aliphatic rings. The van der Waals surface area contributed by atoms with Crippen molar-refractivity contribution in [2.24, 2.45) is 11.8 Å². The summed E-state index contributed by atoms with van der Waals surface area (Å²) >= 11 is 0. The summed E-state index contributed by atoms with van der Waals surface area (Å²) in [6.07, 6.45) is 3.82. The predicted octanol–water partition coefficient (Wildman–Crippen LogP) is 4.96. The largest absolute Gasteiger partial charge is 0.445 e. The highest BCUT2D eigenvalue weighted by Gasteiger charge is 2.81. The minimum absolute atomic E-state index is 0.129. The van der Waals surface area contributed by atoms with Crippen molar-refractivity contribution >= 4 is 11.9 Å². The SMILES string of the molecule is CCC[C@H]1[C@H](CCC)[C@@]2(OC(=O)c3ccccc32)[C@]12OC(=O)c1ccccc12. The minimum atomic E-state index is -0.932. The number of hydrogen-bond donors (Lipinski definition) is 0. The molecule has 144 valence electrons. The Balaban J connectivity index is 1.80. The first-order valence-corrected chi connectivity index (χ1v) is 10.3. The van der Waals surface area contributed by atoms with Crippen LogP contribution in [0.1, 0.15) is 71.4 Å². The number of carbonyl (C=O) groups is 2. The maximum absolute atomic E-state index is 12.9. The fourth-order valence-electron chi connectivity index (χ4n) is 6.04. The van der Waals surface area contributed by atoms with Crippen LogP contribution in [-0.4, -0.2) is 11.9 Å². The number of esters is 2. The molecule has 0 amide bonds. The Morgan fingerprint density at radius 2 is 1.11 bits per heavy atom. The molecule has 1 fully saturated rings. The van der Waals surface area contributed by atoms with Gasteiger partial charge in [0.15, 0.2) is 11.2 Å². The Hall–Kier alpha value is -2.62. The first-order valence-electron chi connectivity index (χ1n) is 10.3. The zero-order valence-electron chi connectivity index (χ0n) is 16.2. The molecule has 0 bridgehead atoms. The van der Waals surface area contributed by atoms with E-state index in [1.165, 1.54) is 0 Å². The van der Waals surface area contributed by atoms with Gasteiger partial charge in [-0.3, -0.25) is 0 Å². The molecule has 1 aliphatic carbocycles. The van der Waals surface area contributed by atoms with Crippen LogP contribution in [0.3, 0.4) is 0 Å². The van der Waals surface area contributed by atoms with Crippen molar-refractivity contribution in [3.05, 3.63) is 70.8 Å². The average Bonchev–Trinajstić information content (AvgIpc) is 3.21. The van der Waals surface area contributed by atoms with Gasteiger partial charge in [0.1, 0.15) is 0 Å². The minimum Gasteiger partial charge on any atom is -0.445 e. The molecule has 4 nitrogen and oxygen atoms in total. The van der Waals surface area contributed by atoms with E-state index in [0.29, 0.717) is 11.1 Å². The fourth-order valence-corrected chi connectivity index (χ4v) is 6.04. The van der Waals surface area contributed by atoms with Crippen LogP contribution in [0.15, 0.2) is 48.5 Å². The second-order valence-electron chi connectivity index (χ2n) is 8.13. The molecule has 4 heteroatoms. The maximum Gasteiger partial charge on any atom is 0.339 e. The zero-order chi connectivity index (χ0) is 19.5. The summed E-state index contributed by atoms with van der Waals surface area (Å²) < 4.78 is 12.4.